The first kappa shape index (κ1) is 22.9. The minimum Gasteiger partial charge on any atom is -0.458 e. The summed E-state index contributed by atoms with van der Waals surface area (Å²) < 4.78 is 12.9. The topological polar surface area (TPSA) is 24.9 Å². The predicted octanol–water partition coefficient (Wildman–Crippen LogP) is 7.41. The van der Waals surface area contributed by atoms with E-state index in [4.69, 9.17) is 9.47 Å². The van der Waals surface area contributed by atoms with Crippen molar-refractivity contribution in [1.29, 1.82) is 0 Å². The molecular weight excluding hydrogens is 503 g/mol. The molecule has 0 unspecified atom stereocenters. The fourth-order valence-electron chi connectivity index (χ4n) is 7.12. The highest BCUT2D eigenvalue weighted by atomic mass is 16.5. The molecule has 41 heavy (non-hydrogen) atoms. The Bertz CT molecular complexity index is 1880. The van der Waals surface area contributed by atoms with Crippen LogP contribution < -0.4 is 35.7 Å². The number of rotatable bonds is 2. The SMILES string of the molecule is c1ccc(N2c3cc(N4C5=C(CCCC5)Oc5ccccc54)ccc3B3c4ccccc4Oc4cccc2c43)cc1. The van der Waals surface area contributed by atoms with Crippen molar-refractivity contribution in [2.24, 2.45) is 0 Å². The van der Waals surface area contributed by atoms with E-state index in [0.29, 0.717) is 0 Å². The molecule has 0 saturated heterocycles. The van der Waals surface area contributed by atoms with E-state index in [1.807, 2.05) is 0 Å². The molecule has 5 heteroatoms. The van der Waals surface area contributed by atoms with Crippen LogP contribution in [0, 0.1) is 0 Å². The second kappa shape index (κ2) is 8.80. The molecule has 0 saturated carbocycles. The maximum atomic E-state index is 6.49. The summed E-state index contributed by atoms with van der Waals surface area (Å²) >= 11 is 0. The number of hydrogen-bond acceptors (Lipinski definition) is 4. The van der Waals surface area contributed by atoms with E-state index in [1.165, 1.54) is 40.6 Å². The van der Waals surface area contributed by atoms with Crippen molar-refractivity contribution in [2.45, 2.75) is 25.7 Å². The highest BCUT2D eigenvalue weighted by Gasteiger charge is 2.42. The molecule has 4 aliphatic rings. The largest absolute Gasteiger partial charge is 0.458 e. The molecule has 5 aromatic carbocycles. The van der Waals surface area contributed by atoms with Crippen molar-refractivity contribution >= 4 is 51.5 Å². The van der Waals surface area contributed by atoms with Crippen molar-refractivity contribution in [3.63, 3.8) is 0 Å². The molecule has 9 rings (SSSR count). The maximum Gasteiger partial charge on any atom is 0.256 e. The van der Waals surface area contributed by atoms with Crippen LogP contribution in [0.4, 0.5) is 28.4 Å². The molecule has 0 aromatic heterocycles. The van der Waals surface area contributed by atoms with Crippen LogP contribution in [-0.4, -0.2) is 6.71 Å². The fourth-order valence-corrected chi connectivity index (χ4v) is 7.12. The van der Waals surface area contributed by atoms with Gasteiger partial charge in [-0.05, 0) is 90.2 Å². The minimum absolute atomic E-state index is 0.0941. The first-order valence-corrected chi connectivity index (χ1v) is 14.5. The zero-order valence-electron chi connectivity index (χ0n) is 22.6. The number of nitrogens with zero attached hydrogens (tertiary/aromatic N) is 2. The first-order chi connectivity index (χ1) is 20.3. The lowest BCUT2D eigenvalue weighted by atomic mass is 9.34. The van der Waals surface area contributed by atoms with E-state index < -0.39 is 0 Å². The summed E-state index contributed by atoms with van der Waals surface area (Å²) in [5.41, 5.74) is 10.8. The van der Waals surface area contributed by atoms with Gasteiger partial charge in [0, 0.05) is 29.2 Å². The smallest absolute Gasteiger partial charge is 0.256 e. The third-order valence-corrected chi connectivity index (χ3v) is 8.86. The van der Waals surface area contributed by atoms with Crippen LogP contribution in [0.3, 0.4) is 0 Å². The Labute approximate surface area is 240 Å². The molecule has 0 bridgehead atoms. The van der Waals surface area contributed by atoms with Crippen molar-refractivity contribution < 1.29 is 9.47 Å². The van der Waals surface area contributed by atoms with Crippen LogP contribution in [0.2, 0.25) is 0 Å². The van der Waals surface area contributed by atoms with Crippen molar-refractivity contribution in [2.75, 3.05) is 9.80 Å². The molecule has 0 fully saturated rings. The molecule has 1 aliphatic carbocycles. The highest BCUT2D eigenvalue weighted by molar-refractivity contribution is 6.99. The lowest BCUT2D eigenvalue weighted by molar-refractivity contribution is 0.363. The molecule has 196 valence electrons. The molecule has 4 nitrogen and oxygen atoms in total. The molecule has 0 atom stereocenters. The summed E-state index contributed by atoms with van der Waals surface area (Å²) in [5, 5.41) is 0. The molecular formula is C36H27BN2O2. The van der Waals surface area contributed by atoms with Gasteiger partial charge >= 0.3 is 0 Å². The number of allylic oxidation sites excluding steroid dienone is 2. The van der Waals surface area contributed by atoms with Gasteiger partial charge in [0.15, 0.2) is 5.75 Å². The average Bonchev–Trinajstić information content (AvgIpc) is 3.03. The summed E-state index contributed by atoms with van der Waals surface area (Å²) in [5.74, 6) is 3.91. The predicted molar refractivity (Wildman–Crippen MR) is 167 cm³/mol. The number of hydrogen-bond donors (Lipinski definition) is 0. The standard InChI is InChI=1S/C36H27BN2O2/c1-2-11-24(12-3-1)38-30-16-10-20-35-36(30)37(27-13-4-7-17-32(27)40-35)26-22-21-25(23-31(26)38)39-28-14-5-8-18-33(28)41-34-19-9-6-15-29(34)39/h1-5,7-8,10-14,16-18,20-23H,6,9,15,19H2. The molecule has 0 spiro atoms. The number of ether oxygens (including phenoxy) is 2. The number of benzene rings is 5. The van der Waals surface area contributed by atoms with E-state index in [1.54, 1.807) is 0 Å². The van der Waals surface area contributed by atoms with Crippen LogP contribution in [0.5, 0.6) is 17.2 Å². The quantitative estimate of drug-likeness (QED) is 0.218. The number of fused-ring (bicyclic) bond motifs is 5. The third-order valence-electron chi connectivity index (χ3n) is 8.86. The molecule has 5 aromatic rings. The zero-order valence-corrected chi connectivity index (χ0v) is 22.6. The minimum atomic E-state index is 0.0941. The molecule has 0 N–H and O–H groups in total. The second-order valence-electron chi connectivity index (χ2n) is 11.2. The summed E-state index contributed by atoms with van der Waals surface area (Å²) in [6.07, 6.45) is 4.35. The van der Waals surface area contributed by atoms with Gasteiger partial charge in [-0.25, -0.2) is 0 Å². The van der Waals surface area contributed by atoms with Gasteiger partial charge in [-0.3, -0.25) is 0 Å². The van der Waals surface area contributed by atoms with Gasteiger partial charge in [-0.15, -0.1) is 0 Å². The van der Waals surface area contributed by atoms with Crippen LogP contribution >= 0.6 is 0 Å². The Morgan fingerprint density at radius 3 is 2.20 bits per heavy atom. The molecule has 3 heterocycles. The van der Waals surface area contributed by atoms with Gasteiger partial charge in [0.25, 0.3) is 6.71 Å². The summed E-state index contributed by atoms with van der Waals surface area (Å²) in [4.78, 5) is 4.86. The Balaban J connectivity index is 1.31. The van der Waals surface area contributed by atoms with Crippen LogP contribution in [0.15, 0.2) is 127 Å². The van der Waals surface area contributed by atoms with E-state index in [-0.39, 0.29) is 6.71 Å². The van der Waals surface area contributed by atoms with Gasteiger partial charge in [0.1, 0.15) is 17.3 Å². The molecule has 0 amide bonds. The van der Waals surface area contributed by atoms with Crippen LogP contribution in [0.25, 0.3) is 0 Å². The first-order valence-electron chi connectivity index (χ1n) is 14.5. The van der Waals surface area contributed by atoms with Crippen molar-refractivity contribution in [3.05, 3.63) is 127 Å². The third kappa shape index (κ3) is 3.35. The normalized spacial score (nSPS) is 16.0. The highest BCUT2D eigenvalue weighted by Crippen LogP contribution is 2.48. The summed E-state index contributed by atoms with van der Waals surface area (Å²) in [6.45, 7) is 0.0941. The molecule has 0 radical (unpaired) electrons. The van der Waals surface area contributed by atoms with Gasteiger partial charge in [-0.2, -0.15) is 0 Å². The fraction of sp³-hybridized carbons (Fsp3) is 0.111. The zero-order chi connectivity index (χ0) is 26.9. The summed E-state index contributed by atoms with van der Waals surface area (Å²) in [7, 11) is 0. The monoisotopic (exact) mass is 530 g/mol. The van der Waals surface area contributed by atoms with E-state index in [0.717, 1.165) is 58.6 Å². The van der Waals surface area contributed by atoms with E-state index in [9.17, 15) is 0 Å². The van der Waals surface area contributed by atoms with Gasteiger partial charge < -0.3 is 19.3 Å². The summed E-state index contributed by atoms with van der Waals surface area (Å²) in [6, 6.07) is 41.1. The maximum absolute atomic E-state index is 6.49. The van der Waals surface area contributed by atoms with Crippen LogP contribution in [-0.2, 0) is 0 Å². The lowest BCUT2D eigenvalue weighted by Gasteiger charge is -2.41. The average molecular weight is 530 g/mol. The van der Waals surface area contributed by atoms with Gasteiger partial charge in [-0.1, -0.05) is 60.7 Å². The van der Waals surface area contributed by atoms with E-state index >= 15 is 0 Å². The Kier molecular flexibility index (Phi) is 4.91. The number of para-hydroxylation sites is 4. The molecule has 3 aliphatic heterocycles. The second-order valence-corrected chi connectivity index (χ2v) is 11.2. The van der Waals surface area contributed by atoms with Crippen molar-refractivity contribution in [3.8, 4) is 17.2 Å². The Morgan fingerprint density at radius 1 is 0.512 bits per heavy atom. The lowest BCUT2D eigenvalue weighted by Crippen LogP contribution is -2.59. The number of anilines is 5. The Morgan fingerprint density at radius 2 is 1.27 bits per heavy atom. The van der Waals surface area contributed by atoms with Gasteiger partial charge in [0.05, 0.1) is 11.4 Å². The van der Waals surface area contributed by atoms with Crippen LogP contribution in [0.1, 0.15) is 25.7 Å². The van der Waals surface area contributed by atoms with E-state index in [2.05, 4.69) is 125 Å². The van der Waals surface area contributed by atoms with Crippen molar-refractivity contribution in [1.82, 2.24) is 0 Å². The van der Waals surface area contributed by atoms with Gasteiger partial charge in [0.2, 0.25) is 0 Å². The Hall–Kier alpha value is -4.90.